The van der Waals surface area contributed by atoms with Crippen LogP contribution in [-0.2, 0) is 9.59 Å². The third kappa shape index (κ3) is 2.86. The number of benzene rings is 1. The number of halogens is 1. The highest BCUT2D eigenvalue weighted by Gasteiger charge is 2.64. The first-order chi connectivity index (χ1) is 13.1. The number of piperazine rings is 1. The van der Waals surface area contributed by atoms with Gasteiger partial charge < -0.3 is 4.90 Å². The summed E-state index contributed by atoms with van der Waals surface area (Å²) in [6.07, 6.45) is 1.64. The molecule has 2 bridgehead atoms. The van der Waals surface area contributed by atoms with Crippen LogP contribution in [0.15, 0.2) is 18.2 Å². The lowest BCUT2D eigenvalue weighted by Gasteiger charge is -2.49. The number of anilines is 1. The van der Waals surface area contributed by atoms with E-state index in [2.05, 4.69) is 37.5 Å². The lowest BCUT2D eigenvalue weighted by Crippen LogP contribution is -2.62. The van der Waals surface area contributed by atoms with Gasteiger partial charge in [0.2, 0.25) is 11.8 Å². The van der Waals surface area contributed by atoms with Gasteiger partial charge in [0.25, 0.3) is 0 Å². The highest BCUT2D eigenvalue weighted by molar-refractivity contribution is 6.30. The molecular weight excluding hydrogens is 374 g/mol. The van der Waals surface area contributed by atoms with Crippen molar-refractivity contribution in [2.45, 2.75) is 40.5 Å². The third-order valence-electron chi connectivity index (χ3n) is 7.73. The molecule has 0 spiro atoms. The average molecular weight is 404 g/mol. The van der Waals surface area contributed by atoms with Gasteiger partial charge in [-0.05, 0) is 42.9 Å². The Balaban J connectivity index is 1.44. The standard InChI is InChI=1S/C22H30ClN3O2/c1-15-5-6-16(23)13-18(15)25-11-9-24(10-12-25)14-26-19(27)17-7-8-22(4,20(26)28)21(17,2)3/h5-6,13,17H,7-12,14H2,1-4H3. The molecule has 152 valence electrons. The summed E-state index contributed by atoms with van der Waals surface area (Å²) in [5.41, 5.74) is 1.71. The smallest absolute Gasteiger partial charge is 0.236 e. The summed E-state index contributed by atoms with van der Waals surface area (Å²) >= 11 is 6.18. The van der Waals surface area contributed by atoms with Crippen LogP contribution in [0.3, 0.4) is 0 Å². The van der Waals surface area contributed by atoms with Crippen molar-refractivity contribution >= 4 is 29.1 Å². The van der Waals surface area contributed by atoms with Crippen molar-refractivity contribution in [3.63, 3.8) is 0 Å². The van der Waals surface area contributed by atoms with Gasteiger partial charge in [-0.25, -0.2) is 0 Å². The second-order valence-corrected chi connectivity index (χ2v) is 9.83. The molecule has 2 atom stereocenters. The minimum absolute atomic E-state index is 0.0179. The molecule has 3 aliphatic rings. The summed E-state index contributed by atoms with van der Waals surface area (Å²) in [4.78, 5) is 32.4. The first kappa shape index (κ1) is 19.7. The molecule has 0 aromatic heterocycles. The monoisotopic (exact) mass is 403 g/mol. The van der Waals surface area contributed by atoms with Crippen molar-refractivity contribution in [1.29, 1.82) is 0 Å². The van der Waals surface area contributed by atoms with E-state index < -0.39 is 5.41 Å². The maximum absolute atomic E-state index is 13.2. The van der Waals surface area contributed by atoms with Crippen LogP contribution in [-0.4, -0.2) is 54.5 Å². The summed E-state index contributed by atoms with van der Waals surface area (Å²) in [7, 11) is 0. The molecular formula is C22H30ClN3O2. The van der Waals surface area contributed by atoms with Gasteiger partial charge in [0.1, 0.15) is 0 Å². The summed E-state index contributed by atoms with van der Waals surface area (Å²) in [6, 6.07) is 5.98. The van der Waals surface area contributed by atoms with Crippen molar-refractivity contribution in [3.05, 3.63) is 28.8 Å². The fourth-order valence-electron chi connectivity index (χ4n) is 5.29. The molecule has 2 saturated heterocycles. The Kier molecular flexibility index (Phi) is 4.74. The zero-order valence-electron chi connectivity index (χ0n) is 17.3. The predicted molar refractivity (Wildman–Crippen MR) is 111 cm³/mol. The van der Waals surface area contributed by atoms with Crippen LogP contribution in [0.4, 0.5) is 5.69 Å². The van der Waals surface area contributed by atoms with Crippen molar-refractivity contribution in [2.24, 2.45) is 16.7 Å². The Hall–Kier alpha value is -1.59. The van der Waals surface area contributed by atoms with E-state index in [4.69, 9.17) is 11.6 Å². The van der Waals surface area contributed by atoms with Gasteiger partial charge in [0.15, 0.2) is 0 Å². The number of likely N-dealkylation sites (tertiary alicyclic amines) is 1. The first-order valence-corrected chi connectivity index (χ1v) is 10.6. The minimum Gasteiger partial charge on any atom is -0.369 e. The molecule has 0 N–H and O–H groups in total. The van der Waals surface area contributed by atoms with Crippen LogP contribution in [0.25, 0.3) is 0 Å². The second kappa shape index (κ2) is 6.74. The summed E-state index contributed by atoms with van der Waals surface area (Å²) in [6.45, 7) is 12.1. The molecule has 2 unspecified atom stereocenters. The minimum atomic E-state index is -0.425. The van der Waals surface area contributed by atoms with E-state index in [0.717, 1.165) is 44.0 Å². The largest absolute Gasteiger partial charge is 0.369 e. The zero-order valence-corrected chi connectivity index (χ0v) is 18.1. The second-order valence-electron chi connectivity index (χ2n) is 9.39. The Morgan fingerprint density at radius 3 is 2.46 bits per heavy atom. The van der Waals surface area contributed by atoms with E-state index in [1.54, 1.807) is 4.90 Å². The van der Waals surface area contributed by atoms with Crippen LogP contribution in [0, 0.1) is 23.7 Å². The van der Waals surface area contributed by atoms with Gasteiger partial charge in [0.05, 0.1) is 12.1 Å². The van der Waals surface area contributed by atoms with Crippen molar-refractivity contribution in [3.8, 4) is 0 Å². The Morgan fingerprint density at radius 2 is 1.79 bits per heavy atom. The van der Waals surface area contributed by atoms with Gasteiger partial charge in [-0.1, -0.05) is 38.4 Å². The Labute approximate surface area is 172 Å². The molecule has 0 radical (unpaired) electrons. The average Bonchev–Trinajstić information content (AvgIpc) is 2.85. The Bertz CT molecular complexity index is 816. The number of piperidine rings is 1. The molecule has 1 aromatic rings. The number of fused-ring (bicyclic) bond motifs is 2. The fourth-order valence-corrected chi connectivity index (χ4v) is 5.46. The summed E-state index contributed by atoms with van der Waals surface area (Å²) in [5.74, 6) is 0.00746. The van der Waals surface area contributed by atoms with E-state index >= 15 is 0 Å². The number of rotatable bonds is 3. The third-order valence-corrected chi connectivity index (χ3v) is 7.97. The van der Waals surface area contributed by atoms with Gasteiger partial charge in [-0.2, -0.15) is 0 Å². The molecule has 3 fully saturated rings. The molecule has 1 saturated carbocycles. The van der Waals surface area contributed by atoms with Crippen LogP contribution >= 0.6 is 11.6 Å². The van der Waals surface area contributed by atoms with Gasteiger partial charge in [0, 0.05) is 42.8 Å². The van der Waals surface area contributed by atoms with E-state index in [0.29, 0.717) is 6.67 Å². The van der Waals surface area contributed by atoms with Crippen LogP contribution in [0.2, 0.25) is 5.02 Å². The highest BCUT2D eigenvalue weighted by Crippen LogP contribution is 2.60. The number of amides is 2. The predicted octanol–water partition coefficient (Wildman–Crippen LogP) is 3.54. The van der Waals surface area contributed by atoms with Crippen LogP contribution in [0.5, 0.6) is 0 Å². The molecule has 1 aliphatic carbocycles. The topological polar surface area (TPSA) is 43.9 Å². The molecule has 2 heterocycles. The number of carbonyl (C=O) groups is 2. The molecule has 2 aliphatic heterocycles. The summed E-state index contributed by atoms with van der Waals surface area (Å²) in [5, 5.41) is 0.749. The van der Waals surface area contributed by atoms with E-state index in [-0.39, 0.29) is 23.1 Å². The number of aryl methyl sites for hydroxylation is 1. The van der Waals surface area contributed by atoms with E-state index in [9.17, 15) is 9.59 Å². The highest BCUT2D eigenvalue weighted by atomic mass is 35.5. The quantitative estimate of drug-likeness (QED) is 0.724. The van der Waals surface area contributed by atoms with Gasteiger partial charge in [-0.15, -0.1) is 0 Å². The maximum atomic E-state index is 13.2. The maximum Gasteiger partial charge on any atom is 0.236 e. The van der Waals surface area contributed by atoms with E-state index in [1.807, 2.05) is 18.2 Å². The van der Waals surface area contributed by atoms with E-state index in [1.165, 1.54) is 11.3 Å². The first-order valence-electron chi connectivity index (χ1n) is 10.2. The van der Waals surface area contributed by atoms with Crippen molar-refractivity contribution in [2.75, 3.05) is 37.7 Å². The van der Waals surface area contributed by atoms with Crippen molar-refractivity contribution < 1.29 is 9.59 Å². The normalized spacial score (nSPS) is 30.2. The van der Waals surface area contributed by atoms with Crippen LogP contribution < -0.4 is 4.90 Å². The molecule has 5 nitrogen and oxygen atoms in total. The number of nitrogens with zero attached hydrogens (tertiary/aromatic N) is 3. The molecule has 28 heavy (non-hydrogen) atoms. The Morgan fingerprint density at radius 1 is 1.11 bits per heavy atom. The molecule has 1 aromatic carbocycles. The molecule has 2 amide bonds. The number of hydrogen-bond donors (Lipinski definition) is 0. The zero-order chi connectivity index (χ0) is 20.3. The van der Waals surface area contributed by atoms with Gasteiger partial charge in [-0.3, -0.25) is 19.4 Å². The van der Waals surface area contributed by atoms with Gasteiger partial charge >= 0.3 is 0 Å². The fraction of sp³-hybridized carbons (Fsp3) is 0.636. The van der Waals surface area contributed by atoms with Crippen LogP contribution in [0.1, 0.15) is 39.2 Å². The number of imide groups is 1. The van der Waals surface area contributed by atoms with Crippen molar-refractivity contribution in [1.82, 2.24) is 9.80 Å². The number of carbonyl (C=O) groups excluding carboxylic acids is 2. The summed E-state index contributed by atoms with van der Waals surface area (Å²) < 4.78 is 0. The lowest BCUT2D eigenvalue weighted by atomic mass is 9.62. The molecule has 4 rings (SSSR count). The molecule has 6 heteroatoms. The number of hydrogen-bond acceptors (Lipinski definition) is 4. The lowest BCUT2D eigenvalue weighted by molar-refractivity contribution is -0.170. The SMILES string of the molecule is Cc1ccc(Cl)cc1N1CCN(CN2C(=O)C3CCC(C)(C2=O)C3(C)C)CC1.